The summed E-state index contributed by atoms with van der Waals surface area (Å²) in [5.74, 6) is 0. The zero-order valence-corrected chi connectivity index (χ0v) is 12.3. The van der Waals surface area contributed by atoms with Crippen LogP contribution >= 0.6 is 0 Å². The molecule has 3 heteroatoms. The van der Waals surface area contributed by atoms with Crippen LogP contribution in [0.5, 0.6) is 0 Å². The summed E-state index contributed by atoms with van der Waals surface area (Å²) in [5, 5.41) is 3.67. The van der Waals surface area contributed by atoms with E-state index in [1.807, 2.05) is 0 Å². The number of ether oxygens (including phenoxy) is 1. The molecule has 0 bridgehead atoms. The standard InChI is InChI=1S/C14H30N2O/c1-6-15-13-12(8-9-14(13,3)4)16(5)10-11-17-7-2/h12-13,15H,6-11H2,1-5H3. The van der Waals surface area contributed by atoms with Crippen LogP contribution in [0, 0.1) is 5.41 Å². The number of nitrogens with one attached hydrogen (secondary N) is 1. The van der Waals surface area contributed by atoms with Gasteiger partial charge in [-0.25, -0.2) is 0 Å². The lowest BCUT2D eigenvalue weighted by molar-refractivity contribution is 0.0955. The lowest BCUT2D eigenvalue weighted by Gasteiger charge is -2.36. The van der Waals surface area contributed by atoms with Crippen LogP contribution in [0.1, 0.15) is 40.5 Å². The molecule has 0 spiro atoms. The summed E-state index contributed by atoms with van der Waals surface area (Å²) >= 11 is 0. The third-order valence-electron chi connectivity index (χ3n) is 4.09. The van der Waals surface area contributed by atoms with Gasteiger partial charge in [0, 0.05) is 25.2 Å². The molecule has 0 aromatic heterocycles. The maximum Gasteiger partial charge on any atom is 0.0593 e. The Bertz CT molecular complexity index is 218. The molecule has 2 atom stereocenters. The van der Waals surface area contributed by atoms with Gasteiger partial charge in [-0.1, -0.05) is 20.8 Å². The van der Waals surface area contributed by atoms with Crippen molar-refractivity contribution < 1.29 is 4.74 Å². The first-order chi connectivity index (χ1) is 8.03. The van der Waals surface area contributed by atoms with Gasteiger partial charge >= 0.3 is 0 Å². The van der Waals surface area contributed by atoms with Gasteiger partial charge in [-0.3, -0.25) is 4.90 Å². The Balaban J connectivity index is 2.50. The molecule has 0 saturated heterocycles. The summed E-state index contributed by atoms with van der Waals surface area (Å²) in [6.45, 7) is 12.8. The van der Waals surface area contributed by atoms with E-state index in [-0.39, 0.29) is 0 Å². The minimum Gasteiger partial charge on any atom is -0.380 e. The highest BCUT2D eigenvalue weighted by atomic mass is 16.5. The van der Waals surface area contributed by atoms with E-state index in [2.05, 4.69) is 45.0 Å². The third-order valence-corrected chi connectivity index (χ3v) is 4.09. The van der Waals surface area contributed by atoms with Crippen molar-refractivity contribution in [1.29, 1.82) is 0 Å². The monoisotopic (exact) mass is 242 g/mol. The molecule has 1 saturated carbocycles. The van der Waals surface area contributed by atoms with Crippen molar-refractivity contribution in [3.8, 4) is 0 Å². The Morgan fingerprint density at radius 2 is 2.06 bits per heavy atom. The topological polar surface area (TPSA) is 24.5 Å². The molecule has 0 radical (unpaired) electrons. The van der Waals surface area contributed by atoms with Gasteiger partial charge in [0.25, 0.3) is 0 Å². The molecule has 0 aromatic carbocycles. The maximum atomic E-state index is 5.45. The van der Waals surface area contributed by atoms with Crippen LogP contribution in [0.25, 0.3) is 0 Å². The Labute approximate surface area is 107 Å². The van der Waals surface area contributed by atoms with Crippen LogP contribution in [0.3, 0.4) is 0 Å². The maximum absolute atomic E-state index is 5.45. The zero-order chi connectivity index (χ0) is 12.9. The second-order valence-electron chi connectivity index (χ2n) is 5.81. The van der Waals surface area contributed by atoms with Crippen molar-refractivity contribution in [2.45, 2.75) is 52.6 Å². The second kappa shape index (κ2) is 6.72. The van der Waals surface area contributed by atoms with Gasteiger partial charge in [-0.05, 0) is 38.8 Å². The molecular weight excluding hydrogens is 212 g/mol. The molecule has 1 N–H and O–H groups in total. The largest absolute Gasteiger partial charge is 0.380 e. The predicted octanol–water partition coefficient (Wildman–Crippen LogP) is 2.12. The van der Waals surface area contributed by atoms with Crippen molar-refractivity contribution in [2.24, 2.45) is 5.41 Å². The van der Waals surface area contributed by atoms with Gasteiger partial charge < -0.3 is 10.1 Å². The van der Waals surface area contributed by atoms with E-state index in [0.717, 1.165) is 26.3 Å². The Hall–Kier alpha value is -0.120. The zero-order valence-electron chi connectivity index (χ0n) is 12.3. The van der Waals surface area contributed by atoms with E-state index < -0.39 is 0 Å². The van der Waals surface area contributed by atoms with Crippen molar-refractivity contribution in [3.63, 3.8) is 0 Å². The normalized spacial score (nSPS) is 27.9. The van der Waals surface area contributed by atoms with Crippen LogP contribution < -0.4 is 5.32 Å². The average Bonchev–Trinajstić information content (AvgIpc) is 2.56. The van der Waals surface area contributed by atoms with E-state index in [1.54, 1.807) is 0 Å². The van der Waals surface area contributed by atoms with Crippen LogP contribution in [-0.2, 0) is 4.74 Å². The summed E-state index contributed by atoms with van der Waals surface area (Å²) < 4.78 is 5.45. The molecule has 1 rings (SSSR count). The number of hydrogen-bond acceptors (Lipinski definition) is 3. The predicted molar refractivity (Wildman–Crippen MR) is 73.4 cm³/mol. The van der Waals surface area contributed by atoms with Crippen LogP contribution in [0.2, 0.25) is 0 Å². The van der Waals surface area contributed by atoms with Crippen molar-refractivity contribution >= 4 is 0 Å². The van der Waals surface area contributed by atoms with E-state index in [1.165, 1.54) is 12.8 Å². The molecular formula is C14H30N2O. The molecule has 0 aliphatic heterocycles. The summed E-state index contributed by atoms with van der Waals surface area (Å²) in [4.78, 5) is 2.47. The van der Waals surface area contributed by atoms with E-state index in [4.69, 9.17) is 4.74 Å². The SMILES string of the molecule is CCNC1C(N(C)CCOCC)CCC1(C)C. The number of hydrogen-bond donors (Lipinski definition) is 1. The lowest BCUT2D eigenvalue weighted by Crippen LogP contribution is -2.51. The first-order valence-corrected chi connectivity index (χ1v) is 7.04. The van der Waals surface area contributed by atoms with E-state index in [9.17, 15) is 0 Å². The van der Waals surface area contributed by atoms with Crippen molar-refractivity contribution in [3.05, 3.63) is 0 Å². The highest BCUT2D eigenvalue weighted by molar-refractivity contribution is 5.00. The first kappa shape index (κ1) is 14.9. The number of nitrogens with zero attached hydrogens (tertiary/aromatic N) is 1. The molecule has 0 heterocycles. The van der Waals surface area contributed by atoms with Gasteiger partial charge in [0.05, 0.1) is 6.61 Å². The summed E-state index contributed by atoms with van der Waals surface area (Å²) in [6, 6.07) is 1.27. The fraction of sp³-hybridized carbons (Fsp3) is 1.00. The first-order valence-electron chi connectivity index (χ1n) is 7.04. The molecule has 3 nitrogen and oxygen atoms in total. The molecule has 0 aromatic rings. The molecule has 1 aliphatic carbocycles. The Morgan fingerprint density at radius 1 is 1.35 bits per heavy atom. The third kappa shape index (κ3) is 3.94. The highest BCUT2D eigenvalue weighted by Crippen LogP contribution is 2.39. The average molecular weight is 242 g/mol. The molecule has 1 fully saturated rings. The van der Waals surface area contributed by atoms with Crippen LogP contribution in [-0.4, -0.2) is 50.3 Å². The number of likely N-dealkylation sites (N-methyl/N-ethyl adjacent to an activating group) is 2. The van der Waals surface area contributed by atoms with Gasteiger partial charge in [0.15, 0.2) is 0 Å². The van der Waals surface area contributed by atoms with Gasteiger partial charge in [0.1, 0.15) is 0 Å². The molecule has 17 heavy (non-hydrogen) atoms. The summed E-state index contributed by atoms with van der Waals surface area (Å²) in [6.07, 6.45) is 2.61. The molecule has 0 amide bonds. The Morgan fingerprint density at radius 3 is 2.65 bits per heavy atom. The van der Waals surface area contributed by atoms with Crippen molar-refractivity contribution in [1.82, 2.24) is 10.2 Å². The summed E-state index contributed by atoms with van der Waals surface area (Å²) in [5.41, 5.74) is 0.417. The van der Waals surface area contributed by atoms with E-state index >= 15 is 0 Å². The van der Waals surface area contributed by atoms with Gasteiger partial charge in [-0.2, -0.15) is 0 Å². The number of rotatable bonds is 7. The van der Waals surface area contributed by atoms with E-state index in [0.29, 0.717) is 17.5 Å². The smallest absolute Gasteiger partial charge is 0.0593 e. The lowest BCUT2D eigenvalue weighted by atomic mass is 9.86. The van der Waals surface area contributed by atoms with Crippen LogP contribution in [0.15, 0.2) is 0 Å². The highest BCUT2D eigenvalue weighted by Gasteiger charge is 2.42. The minimum atomic E-state index is 0.417. The summed E-state index contributed by atoms with van der Waals surface area (Å²) in [7, 11) is 2.23. The molecule has 102 valence electrons. The Kier molecular flexibility index (Phi) is 5.90. The van der Waals surface area contributed by atoms with Crippen molar-refractivity contribution in [2.75, 3.05) is 33.4 Å². The fourth-order valence-electron chi connectivity index (χ4n) is 2.99. The molecule has 1 aliphatic rings. The van der Waals surface area contributed by atoms with Gasteiger partial charge in [0.2, 0.25) is 0 Å². The second-order valence-corrected chi connectivity index (χ2v) is 5.81. The van der Waals surface area contributed by atoms with Crippen LogP contribution in [0.4, 0.5) is 0 Å². The molecule has 2 unspecified atom stereocenters. The fourth-order valence-corrected chi connectivity index (χ4v) is 2.99. The minimum absolute atomic E-state index is 0.417. The quantitative estimate of drug-likeness (QED) is 0.692. The van der Waals surface area contributed by atoms with Gasteiger partial charge in [-0.15, -0.1) is 0 Å².